The number of para-hydroxylation sites is 1. The summed E-state index contributed by atoms with van der Waals surface area (Å²) in [6.07, 6.45) is 3.48. The molecule has 1 saturated heterocycles. The molecule has 0 amide bonds. The van der Waals surface area contributed by atoms with Crippen molar-refractivity contribution in [2.24, 2.45) is 0 Å². The van der Waals surface area contributed by atoms with E-state index in [2.05, 4.69) is 14.9 Å². The van der Waals surface area contributed by atoms with Crippen LogP contribution in [-0.4, -0.2) is 54.1 Å². The predicted molar refractivity (Wildman–Crippen MR) is 134 cm³/mol. The zero-order valence-corrected chi connectivity index (χ0v) is 20.9. The van der Waals surface area contributed by atoms with Gasteiger partial charge in [-0.3, -0.25) is 9.21 Å². The fourth-order valence-electron chi connectivity index (χ4n) is 4.11. The molecule has 0 atom stereocenters. The Morgan fingerprint density at radius 3 is 2.76 bits per heavy atom. The Morgan fingerprint density at radius 1 is 1.24 bits per heavy atom. The molecule has 0 unspecified atom stereocenters. The summed E-state index contributed by atoms with van der Waals surface area (Å²) in [6.45, 7) is 4.48. The zero-order chi connectivity index (χ0) is 23.2. The van der Waals surface area contributed by atoms with E-state index in [1.165, 1.54) is 20.5 Å². The van der Waals surface area contributed by atoms with Gasteiger partial charge >= 0.3 is 0 Å². The molecule has 1 aliphatic heterocycles. The quantitative estimate of drug-likeness (QED) is 0.405. The van der Waals surface area contributed by atoms with Crippen molar-refractivity contribution >= 4 is 49.3 Å². The number of thiophene rings is 1. The molecule has 0 bridgehead atoms. The van der Waals surface area contributed by atoms with Crippen molar-refractivity contribution in [2.45, 2.75) is 36.1 Å². The van der Waals surface area contributed by atoms with Crippen molar-refractivity contribution < 1.29 is 13.5 Å². The van der Waals surface area contributed by atoms with Gasteiger partial charge in [0.15, 0.2) is 0 Å². The average molecular weight is 503 g/mol. The molecule has 174 valence electrons. The third-order valence-electron chi connectivity index (χ3n) is 6.18. The van der Waals surface area contributed by atoms with Gasteiger partial charge in [-0.15, -0.1) is 22.7 Å². The third kappa shape index (κ3) is 4.45. The molecule has 10 heteroatoms. The van der Waals surface area contributed by atoms with Crippen LogP contribution in [-0.2, 0) is 16.6 Å². The van der Waals surface area contributed by atoms with Crippen LogP contribution in [0.1, 0.15) is 24.6 Å². The van der Waals surface area contributed by atoms with Gasteiger partial charge < -0.3 is 10.1 Å². The van der Waals surface area contributed by atoms with Gasteiger partial charge in [0.05, 0.1) is 22.5 Å². The largest absolute Gasteiger partial charge is 0.390 e. The lowest BCUT2D eigenvalue weighted by Crippen LogP contribution is -2.41. The van der Waals surface area contributed by atoms with E-state index in [1.807, 2.05) is 37.4 Å². The van der Waals surface area contributed by atoms with Crippen LogP contribution in [0.4, 0.5) is 5.69 Å². The molecule has 4 aromatic rings. The summed E-state index contributed by atoms with van der Waals surface area (Å²) in [4.78, 5) is 11.5. The van der Waals surface area contributed by atoms with Crippen molar-refractivity contribution in [1.29, 1.82) is 0 Å². The number of likely N-dealkylation sites (tertiary alicyclic amines) is 1. The molecule has 0 saturated carbocycles. The monoisotopic (exact) mass is 502 g/mol. The number of fused-ring (bicyclic) bond motifs is 1. The second-order valence-electron chi connectivity index (χ2n) is 8.73. The van der Waals surface area contributed by atoms with Crippen LogP contribution in [0.25, 0.3) is 21.6 Å². The Hall–Kier alpha value is -2.24. The van der Waals surface area contributed by atoms with Gasteiger partial charge in [-0.1, -0.05) is 18.2 Å². The first-order valence-corrected chi connectivity index (χ1v) is 13.9. The number of nitrogens with zero attached hydrogens (tertiary/aromatic N) is 3. The minimum atomic E-state index is -3.62. The smallest absolute Gasteiger partial charge is 0.273 e. The Morgan fingerprint density at radius 2 is 2.03 bits per heavy atom. The maximum Gasteiger partial charge on any atom is 0.273 e. The van der Waals surface area contributed by atoms with Gasteiger partial charge in [-0.25, -0.2) is 13.4 Å². The van der Waals surface area contributed by atoms with Crippen LogP contribution < -0.4 is 4.31 Å². The number of aliphatic hydroxyl groups is 1. The first kappa shape index (κ1) is 22.5. The normalized spacial score (nSPS) is 16.9. The van der Waals surface area contributed by atoms with E-state index in [0.29, 0.717) is 9.90 Å². The van der Waals surface area contributed by atoms with Gasteiger partial charge in [-0.2, -0.15) is 0 Å². The fourth-order valence-corrected chi connectivity index (χ4v) is 7.41. The van der Waals surface area contributed by atoms with Crippen LogP contribution >= 0.6 is 22.7 Å². The predicted octanol–water partition coefficient (Wildman–Crippen LogP) is 4.52. The van der Waals surface area contributed by atoms with E-state index in [0.717, 1.165) is 54.1 Å². The summed E-state index contributed by atoms with van der Waals surface area (Å²) in [5, 5.41) is 13.7. The number of hydrogen-bond donors (Lipinski definition) is 2. The number of nitrogens with one attached hydrogen (secondary N) is 1. The lowest BCUT2D eigenvalue weighted by Gasteiger charge is -2.35. The summed E-state index contributed by atoms with van der Waals surface area (Å²) in [7, 11) is -2.04. The van der Waals surface area contributed by atoms with E-state index in [1.54, 1.807) is 35.9 Å². The van der Waals surface area contributed by atoms with E-state index < -0.39 is 15.6 Å². The summed E-state index contributed by atoms with van der Waals surface area (Å²) in [5.74, 6) is 0. The lowest BCUT2D eigenvalue weighted by molar-refractivity contribution is -0.00707. The summed E-state index contributed by atoms with van der Waals surface area (Å²) < 4.78 is 27.7. The van der Waals surface area contributed by atoms with E-state index in [4.69, 9.17) is 0 Å². The molecule has 5 rings (SSSR count). The summed E-state index contributed by atoms with van der Waals surface area (Å²) >= 11 is 2.85. The molecule has 0 radical (unpaired) electrons. The molecule has 1 aliphatic rings. The Labute approximate surface area is 201 Å². The van der Waals surface area contributed by atoms with Crippen molar-refractivity contribution in [3.63, 3.8) is 0 Å². The third-order valence-corrected chi connectivity index (χ3v) is 10.3. The summed E-state index contributed by atoms with van der Waals surface area (Å²) in [5.41, 5.74) is 1.69. The van der Waals surface area contributed by atoms with Crippen molar-refractivity contribution in [3.05, 3.63) is 52.9 Å². The van der Waals surface area contributed by atoms with Gasteiger partial charge in [-0.05, 0) is 43.3 Å². The van der Waals surface area contributed by atoms with Gasteiger partial charge in [0.25, 0.3) is 10.0 Å². The molecule has 7 nitrogen and oxygen atoms in total. The number of benzene rings is 1. The number of aromatic amines is 1. The molecule has 0 spiro atoms. The first-order chi connectivity index (χ1) is 15.7. The van der Waals surface area contributed by atoms with Crippen LogP contribution in [0.3, 0.4) is 0 Å². The van der Waals surface area contributed by atoms with Crippen molar-refractivity contribution in [2.75, 3.05) is 24.4 Å². The highest BCUT2D eigenvalue weighted by atomic mass is 32.2. The number of aromatic nitrogens is 2. The van der Waals surface area contributed by atoms with Crippen LogP contribution in [0.5, 0.6) is 0 Å². The molecule has 1 aromatic carbocycles. The summed E-state index contributed by atoms with van der Waals surface area (Å²) in [6, 6.07) is 11.0. The number of rotatable bonds is 6. The molecular weight excluding hydrogens is 476 g/mol. The van der Waals surface area contributed by atoms with Crippen LogP contribution in [0, 0.1) is 0 Å². The molecule has 33 heavy (non-hydrogen) atoms. The Bertz CT molecular complexity index is 1360. The molecule has 2 N–H and O–H groups in total. The number of anilines is 1. The highest BCUT2D eigenvalue weighted by molar-refractivity contribution is 7.94. The van der Waals surface area contributed by atoms with Crippen molar-refractivity contribution in [3.8, 4) is 10.7 Å². The van der Waals surface area contributed by atoms with Crippen molar-refractivity contribution in [1.82, 2.24) is 14.9 Å². The number of hydrogen-bond acceptors (Lipinski definition) is 7. The Balaban J connectivity index is 1.40. The van der Waals surface area contributed by atoms with Gasteiger partial charge in [0.2, 0.25) is 0 Å². The van der Waals surface area contributed by atoms with E-state index in [9.17, 15) is 13.5 Å². The molecular formula is C23H26N4O3S3. The minimum Gasteiger partial charge on any atom is -0.390 e. The maximum atomic E-state index is 13.0. The molecule has 4 heterocycles. The van der Waals surface area contributed by atoms with E-state index >= 15 is 0 Å². The number of piperidine rings is 1. The lowest BCUT2D eigenvalue weighted by atomic mass is 9.94. The Kier molecular flexibility index (Phi) is 5.82. The topological polar surface area (TPSA) is 89.5 Å². The second-order valence-corrected chi connectivity index (χ2v) is 13.0. The molecule has 0 aliphatic carbocycles. The second kappa shape index (κ2) is 8.52. The fraction of sp³-hybridized carbons (Fsp3) is 0.348. The number of sulfonamides is 1. The average Bonchev–Trinajstić information content (AvgIpc) is 3.54. The number of thiazole rings is 1. The number of H-pyrrole nitrogens is 1. The van der Waals surface area contributed by atoms with Crippen LogP contribution in [0.15, 0.2) is 52.2 Å². The maximum absolute atomic E-state index is 13.0. The molecule has 1 fully saturated rings. The van der Waals surface area contributed by atoms with Gasteiger partial charge in [0, 0.05) is 43.1 Å². The first-order valence-electron chi connectivity index (χ1n) is 10.8. The highest BCUT2D eigenvalue weighted by Crippen LogP contribution is 2.35. The minimum absolute atomic E-state index is 0.317. The van der Waals surface area contributed by atoms with Crippen LogP contribution in [0.2, 0.25) is 0 Å². The standard InChI is InChI=1S/C23H26N4O3S3/c1-23(28)8-10-27(11-9-23)15-17-14-24-22(32-17)18-13-16-5-3-6-19(21(16)25-18)26(2)33(29,30)20-7-4-12-31-20/h3-7,12-14,25,28H,8-11,15H2,1-2H3. The molecule has 3 aromatic heterocycles. The SMILES string of the molecule is CN(c1cccc2cc(-c3ncc(CN4CCC(C)(O)CC4)s3)[nH]c12)S(=O)(=O)c1cccs1. The highest BCUT2D eigenvalue weighted by Gasteiger charge is 2.28. The van der Waals surface area contributed by atoms with E-state index in [-0.39, 0.29) is 0 Å². The van der Waals surface area contributed by atoms with Gasteiger partial charge in [0.1, 0.15) is 9.22 Å². The zero-order valence-electron chi connectivity index (χ0n) is 18.5.